The second-order valence-electron chi connectivity index (χ2n) is 2.72. The van der Waals surface area contributed by atoms with Crippen LogP contribution in [0.25, 0.3) is 0 Å². The predicted molar refractivity (Wildman–Crippen MR) is 36.5 cm³/mol. The van der Waals surface area contributed by atoms with Crippen LogP contribution >= 0.6 is 0 Å². The zero-order chi connectivity index (χ0) is 5.82. The van der Waals surface area contributed by atoms with Crippen LogP contribution in [0.5, 0.6) is 0 Å². The van der Waals surface area contributed by atoms with E-state index in [9.17, 15) is 0 Å². The number of hydrogen-bond acceptors (Lipinski definition) is 0. The maximum absolute atomic E-state index is 2.49. The maximum atomic E-state index is 2.49. The summed E-state index contributed by atoms with van der Waals surface area (Å²) in [6.07, 6.45) is 9.58. The molecule has 0 spiro atoms. The predicted octanol–water partition coefficient (Wildman–Crippen LogP) is -0.205. The van der Waals surface area contributed by atoms with Crippen LogP contribution in [0.3, 0.4) is 0 Å². The van der Waals surface area contributed by atoms with E-state index in [1.54, 1.807) is 0 Å². The molecule has 0 aromatic rings. The Morgan fingerprint density at radius 3 is 2.78 bits per heavy atom. The Morgan fingerprint density at radius 1 is 1.56 bits per heavy atom. The minimum atomic E-state index is 0. The summed E-state index contributed by atoms with van der Waals surface area (Å²) in [5, 5.41) is 0. The average Bonchev–Trinajstić information content (AvgIpc) is 2.19. The smallest absolute Gasteiger partial charge is 0.325 e. The molecule has 0 heterocycles. The molecule has 9 heavy (non-hydrogen) atoms. The van der Waals surface area contributed by atoms with E-state index in [1.165, 1.54) is 32.1 Å². The van der Waals surface area contributed by atoms with Crippen molar-refractivity contribution in [1.82, 2.24) is 0 Å². The van der Waals surface area contributed by atoms with E-state index >= 15 is 0 Å². The third-order valence-corrected chi connectivity index (χ3v) is 1.94. The van der Waals surface area contributed by atoms with E-state index in [-0.39, 0.29) is 18.9 Å². The molecular formula is C8H15Li. The number of rotatable bonds is 2. The van der Waals surface area contributed by atoms with Crippen LogP contribution in [-0.2, 0) is 0 Å². The van der Waals surface area contributed by atoms with E-state index in [4.69, 9.17) is 0 Å². The molecule has 1 fully saturated rings. The van der Waals surface area contributed by atoms with Gasteiger partial charge in [-0.1, -0.05) is 32.6 Å². The minimum Gasteiger partial charge on any atom is -0.325 e. The van der Waals surface area contributed by atoms with Crippen LogP contribution in [0.1, 0.15) is 39.0 Å². The first-order valence-electron chi connectivity index (χ1n) is 3.77. The Morgan fingerprint density at radius 2 is 2.33 bits per heavy atom. The first kappa shape index (κ1) is 9.60. The van der Waals surface area contributed by atoms with Gasteiger partial charge in [-0.3, -0.25) is 0 Å². The van der Waals surface area contributed by atoms with Gasteiger partial charge in [0.15, 0.2) is 0 Å². The van der Waals surface area contributed by atoms with Crippen LogP contribution in [0.4, 0.5) is 0 Å². The normalized spacial score (nSPS) is 25.7. The molecule has 1 heteroatoms. The summed E-state index contributed by atoms with van der Waals surface area (Å²) in [7, 11) is 0. The maximum Gasteiger partial charge on any atom is 1.00 e. The van der Waals surface area contributed by atoms with Crippen LogP contribution in [0, 0.1) is 12.3 Å². The fourth-order valence-corrected chi connectivity index (χ4v) is 1.48. The molecule has 0 aromatic carbocycles. The van der Waals surface area contributed by atoms with Gasteiger partial charge in [0.2, 0.25) is 0 Å². The van der Waals surface area contributed by atoms with Crippen molar-refractivity contribution in [3.63, 3.8) is 0 Å². The Kier molecular flexibility index (Phi) is 5.75. The largest absolute Gasteiger partial charge is 1.00 e. The van der Waals surface area contributed by atoms with Crippen molar-refractivity contribution in [2.24, 2.45) is 5.92 Å². The second-order valence-corrected chi connectivity index (χ2v) is 2.72. The van der Waals surface area contributed by atoms with Crippen molar-refractivity contribution >= 4 is 0 Å². The molecule has 0 radical (unpaired) electrons. The molecule has 0 N–H and O–H groups in total. The third-order valence-electron chi connectivity index (χ3n) is 1.94. The molecule has 1 aliphatic rings. The summed E-state index contributed by atoms with van der Waals surface area (Å²) in [6, 6.07) is 0. The van der Waals surface area contributed by atoms with Gasteiger partial charge in [-0.05, 0) is 0 Å². The Bertz CT molecular complexity index is 55.6. The molecule has 0 aromatic heterocycles. The van der Waals surface area contributed by atoms with Crippen molar-refractivity contribution in [2.75, 3.05) is 0 Å². The van der Waals surface area contributed by atoms with Gasteiger partial charge >= 0.3 is 18.9 Å². The molecular weight excluding hydrogens is 103 g/mol. The van der Waals surface area contributed by atoms with Gasteiger partial charge in [0.05, 0.1) is 0 Å². The Labute approximate surface area is 70.6 Å². The number of hydrogen-bond donors (Lipinski definition) is 0. The van der Waals surface area contributed by atoms with Gasteiger partial charge in [0.1, 0.15) is 0 Å². The van der Waals surface area contributed by atoms with Crippen LogP contribution in [0.15, 0.2) is 0 Å². The Balaban J connectivity index is 0.000000640. The fourth-order valence-electron chi connectivity index (χ4n) is 1.48. The van der Waals surface area contributed by atoms with E-state index in [1.807, 2.05) is 0 Å². The van der Waals surface area contributed by atoms with Gasteiger partial charge < -0.3 is 6.42 Å². The Hall–Kier alpha value is 0.597. The van der Waals surface area contributed by atoms with Crippen LogP contribution in [-0.4, -0.2) is 0 Å². The van der Waals surface area contributed by atoms with Gasteiger partial charge in [-0.15, -0.1) is 0 Å². The molecule has 1 unspecified atom stereocenters. The first-order valence-corrected chi connectivity index (χ1v) is 3.77. The summed E-state index contributed by atoms with van der Waals surface area (Å²) < 4.78 is 0. The third kappa shape index (κ3) is 3.33. The van der Waals surface area contributed by atoms with Gasteiger partial charge in [-0.25, -0.2) is 0 Å². The molecule has 0 bridgehead atoms. The summed E-state index contributed by atoms with van der Waals surface area (Å²) >= 11 is 0. The van der Waals surface area contributed by atoms with E-state index in [2.05, 4.69) is 13.3 Å². The van der Waals surface area contributed by atoms with Gasteiger partial charge in [-0.2, -0.15) is 12.3 Å². The molecule has 0 aliphatic heterocycles. The molecule has 0 nitrogen and oxygen atoms in total. The van der Waals surface area contributed by atoms with Crippen molar-refractivity contribution < 1.29 is 18.9 Å². The quantitative estimate of drug-likeness (QED) is 0.348. The zero-order valence-corrected chi connectivity index (χ0v) is 6.69. The van der Waals surface area contributed by atoms with Crippen molar-refractivity contribution in [1.29, 1.82) is 0 Å². The SMILES string of the molecule is CCCC1[CH-]CCC1.[Li+]. The average molecular weight is 118 g/mol. The molecule has 0 saturated heterocycles. The summed E-state index contributed by atoms with van der Waals surface area (Å²) in [6.45, 7) is 2.27. The van der Waals surface area contributed by atoms with E-state index < -0.39 is 0 Å². The summed E-state index contributed by atoms with van der Waals surface area (Å²) in [4.78, 5) is 0. The molecule has 0 amide bonds. The fraction of sp³-hybridized carbons (Fsp3) is 0.875. The molecule has 48 valence electrons. The van der Waals surface area contributed by atoms with Gasteiger partial charge in [0.25, 0.3) is 0 Å². The summed E-state index contributed by atoms with van der Waals surface area (Å²) in [5.41, 5.74) is 0. The molecule has 1 atom stereocenters. The van der Waals surface area contributed by atoms with E-state index in [0.29, 0.717) is 0 Å². The van der Waals surface area contributed by atoms with Crippen LogP contribution in [0.2, 0.25) is 0 Å². The zero-order valence-electron chi connectivity index (χ0n) is 6.69. The molecule has 1 saturated carbocycles. The van der Waals surface area contributed by atoms with Crippen molar-refractivity contribution in [3.05, 3.63) is 6.42 Å². The van der Waals surface area contributed by atoms with Crippen LogP contribution < -0.4 is 18.9 Å². The van der Waals surface area contributed by atoms with Crippen molar-refractivity contribution in [2.45, 2.75) is 39.0 Å². The monoisotopic (exact) mass is 118 g/mol. The van der Waals surface area contributed by atoms with Crippen molar-refractivity contribution in [3.8, 4) is 0 Å². The summed E-state index contributed by atoms with van der Waals surface area (Å²) in [5.74, 6) is 0.986. The second kappa shape index (κ2) is 5.39. The van der Waals surface area contributed by atoms with Gasteiger partial charge in [0, 0.05) is 0 Å². The minimum absolute atomic E-state index is 0. The standard InChI is InChI=1S/C8H15.Li/c1-2-5-8-6-3-4-7-8;/h6,8H,2-5,7H2,1H3;/q-1;+1. The topological polar surface area (TPSA) is 0 Å². The molecule has 1 aliphatic carbocycles. The molecule has 1 rings (SSSR count). The first-order chi connectivity index (χ1) is 3.93. The van der Waals surface area contributed by atoms with E-state index in [0.717, 1.165) is 5.92 Å².